The van der Waals surface area contributed by atoms with Gasteiger partial charge < -0.3 is 14.2 Å². The van der Waals surface area contributed by atoms with Crippen molar-refractivity contribution in [2.24, 2.45) is 0 Å². The van der Waals surface area contributed by atoms with E-state index in [4.69, 9.17) is 14.2 Å². The van der Waals surface area contributed by atoms with Crippen LogP contribution in [0.15, 0.2) is 146 Å². The molecule has 6 heteroatoms. The van der Waals surface area contributed by atoms with Gasteiger partial charge >= 0.3 is 17.9 Å². The highest BCUT2D eigenvalue weighted by atomic mass is 16.6. The molecule has 0 aliphatic heterocycles. The summed E-state index contributed by atoms with van der Waals surface area (Å²) in [6, 6.07) is 0. The van der Waals surface area contributed by atoms with Crippen molar-refractivity contribution in [1.29, 1.82) is 0 Å². The van der Waals surface area contributed by atoms with Crippen LogP contribution < -0.4 is 0 Å². The van der Waals surface area contributed by atoms with Crippen molar-refractivity contribution in [3.8, 4) is 0 Å². The van der Waals surface area contributed by atoms with E-state index in [2.05, 4.69) is 167 Å². The second-order valence-electron chi connectivity index (χ2n) is 17.4. The summed E-state index contributed by atoms with van der Waals surface area (Å²) in [6.45, 7) is 6.26. The quantitative estimate of drug-likeness (QED) is 0.0262. The zero-order valence-electron chi connectivity index (χ0n) is 44.0. The van der Waals surface area contributed by atoms with Crippen molar-refractivity contribution in [3.05, 3.63) is 146 Å². The first kappa shape index (κ1) is 64.3. The number of allylic oxidation sites excluding steroid dienone is 24. The normalized spacial score (nSPS) is 13.3. The third kappa shape index (κ3) is 54.1. The van der Waals surface area contributed by atoms with E-state index < -0.39 is 6.10 Å². The fourth-order valence-corrected chi connectivity index (χ4v) is 6.78. The molecule has 0 fully saturated rings. The number of hydrogen-bond acceptors (Lipinski definition) is 6. The molecule has 0 aliphatic rings. The van der Waals surface area contributed by atoms with Gasteiger partial charge in [0.15, 0.2) is 6.10 Å². The van der Waals surface area contributed by atoms with Crippen molar-refractivity contribution in [3.63, 3.8) is 0 Å². The van der Waals surface area contributed by atoms with Crippen LogP contribution in [0.25, 0.3) is 0 Å². The minimum absolute atomic E-state index is 0.129. The molecule has 0 aromatic carbocycles. The van der Waals surface area contributed by atoms with E-state index in [1.54, 1.807) is 0 Å². The Hall–Kier alpha value is -4.71. The molecule has 0 rings (SSSR count). The van der Waals surface area contributed by atoms with E-state index in [0.717, 1.165) is 109 Å². The summed E-state index contributed by atoms with van der Waals surface area (Å²) in [6.07, 6.45) is 79.8. The Morgan fingerprint density at radius 3 is 0.942 bits per heavy atom. The van der Waals surface area contributed by atoms with Crippen molar-refractivity contribution in [1.82, 2.24) is 0 Å². The van der Waals surface area contributed by atoms with Crippen molar-refractivity contribution >= 4 is 17.9 Å². The molecule has 0 N–H and O–H groups in total. The minimum Gasteiger partial charge on any atom is -0.462 e. The Morgan fingerprint density at radius 1 is 0.304 bits per heavy atom. The van der Waals surface area contributed by atoms with Gasteiger partial charge in [0.1, 0.15) is 13.2 Å². The lowest BCUT2D eigenvalue weighted by Crippen LogP contribution is -2.30. The number of ether oxygens (including phenoxy) is 3. The highest BCUT2D eigenvalue weighted by molar-refractivity contribution is 5.71. The van der Waals surface area contributed by atoms with Crippen LogP contribution >= 0.6 is 0 Å². The lowest BCUT2D eigenvalue weighted by molar-refractivity contribution is -0.167. The molecule has 0 amide bonds. The van der Waals surface area contributed by atoms with Gasteiger partial charge in [-0.05, 0) is 128 Å². The number of carbonyl (C=O) groups is 3. The highest BCUT2D eigenvalue weighted by Crippen LogP contribution is 2.12. The smallest absolute Gasteiger partial charge is 0.306 e. The van der Waals surface area contributed by atoms with E-state index in [9.17, 15) is 14.4 Å². The lowest BCUT2D eigenvalue weighted by atomic mass is 10.1. The summed E-state index contributed by atoms with van der Waals surface area (Å²) in [5.41, 5.74) is 0. The molecule has 0 aromatic rings. The fraction of sp³-hybridized carbons (Fsp3) is 0.571. The van der Waals surface area contributed by atoms with E-state index in [0.29, 0.717) is 19.3 Å². The third-order valence-corrected chi connectivity index (χ3v) is 10.8. The molecule has 0 spiro atoms. The predicted molar refractivity (Wildman–Crippen MR) is 297 cm³/mol. The Labute approximate surface area is 423 Å². The topological polar surface area (TPSA) is 78.9 Å². The van der Waals surface area contributed by atoms with Crippen LogP contribution in [-0.2, 0) is 28.6 Å². The molecule has 0 heterocycles. The van der Waals surface area contributed by atoms with Crippen LogP contribution in [0.1, 0.15) is 213 Å². The Bertz CT molecular complexity index is 1560. The monoisotopic (exact) mass is 951 g/mol. The van der Waals surface area contributed by atoms with Crippen molar-refractivity contribution < 1.29 is 28.6 Å². The fourth-order valence-electron chi connectivity index (χ4n) is 6.78. The molecule has 6 nitrogen and oxygen atoms in total. The largest absolute Gasteiger partial charge is 0.462 e. The van der Waals surface area contributed by atoms with Gasteiger partial charge in [-0.3, -0.25) is 14.4 Å². The van der Waals surface area contributed by atoms with E-state index in [1.165, 1.54) is 51.4 Å². The average Bonchev–Trinajstić information content (AvgIpc) is 3.35. The first-order valence-electron chi connectivity index (χ1n) is 27.3. The van der Waals surface area contributed by atoms with Crippen LogP contribution in [0.3, 0.4) is 0 Å². The molecule has 0 aliphatic carbocycles. The van der Waals surface area contributed by atoms with Gasteiger partial charge in [-0.15, -0.1) is 0 Å². The first-order valence-corrected chi connectivity index (χ1v) is 27.3. The Balaban J connectivity index is 4.61. The zero-order valence-corrected chi connectivity index (χ0v) is 44.0. The maximum atomic E-state index is 12.8. The summed E-state index contributed by atoms with van der Waals surface area (Å²) >= 11 is 0. The number of carbonyl (C=O) groups excluding carboxylic acids is 3. The van der Waals surface area contributed by atoms with Crippen LogP contribution in [0.4, 0.5) is 0 Å². The maximum Gasteiger partial charge on any atom is 0.306 e. The van der Waals surface area contributed by atoms with Gasteiger partial charge in [0.25, 0.3) is 0 Å². The van der Waals surface area contributed by atoms with Crippen LogP contribution in [0, 0.1) is 0 Å². The molecule has 0 saturated carbocycles. The maximum absolute atomic E-state index is 12.8. The standard InChI is InChI=1S/C63H98O6/c1-4-7-10-13-16-19-22-25-28-31-34-37-40-43-46-49-52-55-61(64)67-58-60(69-63(66)57-54-51-48-45-42-39-36-33-30-27-24-21-18-15-12-9-6-3)59-68-62(65)56-53-50-47-44-41-38-35-32-29-26-23-20-17-14-11-8-5-2/h7,9-10,12,16-21,25-30,34,36-37,39,43,45-46,48,60H,4-6,8,11,13-15,22-24,31-33,35,38,40-42,44,47,49-59H2,1-3H3/b10-7-,12-9-,19-16-,20-17-,21-18-,28-25-,29-26-,30-27-,37-34-,39-36-,46-43-,48-45-/t60-/m0/s1. The third-order valence-electron chi connectivity index (χ3n) is 10.8. The van der Waals surface area contributed by atoms with Crippen LogP contribution in [0.2, 0.25) is 0 Å². The van der Waals surface area contributed by atoms with Gasteiger partial charge in [-0.1, -0.05) is 212 Å². The van der Waals surface area contributed by atoms with Gasteiger partial charge in [-0.25, -0.2) is 0 Å². The van der Waals surface area contributed by atoms with Gasteiger partial charge in [0.05, 0.1) is 0 Å². The molecule has 0 radical (unpaired) electrons. The highest BCUT2D eigenvalue weighted by Gasteiger charge is 2.19. The second kappa shape index (κ2) is 55.9. The SMILES string of the molecule is CC/C=C\C/C=C\C/C=C\C/C=C\C/C=C\CCCC(=O)OC[C@@H](COC(=O)CCCCCCCCC/C=C\C/C=C\CCCCC)OC(=O)CCC/C=C\C/C=C\C/C=C\C/C=C\C/C=C\CC. The van der Waals surface area contributed by atoms with E-state index >= 15 is 0 Å². The molecule has 0 saturated heterocycles. The summed E-state index contributed by atoms with van der Waals surface area (Å²) in [5, 5.41) is 0. The minimum atomic E-state index is -0.841. The van der Waals surface area contributed by atoms with Crippen molar-refractivity contribution in [2.75, 3.05) is 13.2 Å². The summed E-state index contributed by atoms with van der Waals surface area (Å²) in [5.74, 6) is -1.06. The van der Waals surface area contributed by atoms with Gasteiger partial charge in [-0.2, -0.15) is 0 Å². The molecule has 69 heavy (non-hydrogen) atoms. The summed E-state index contributed by atoms with van der Waals surface area (Å²) in [4.78, 5) is 38.1. The Kier molecular flexibility index (Phi) is 52.1. The first-order chi connectivity index (χ1) is 34.0. The number of esters is 3. The van der Waals surface area contributed by atoms with Crippen LogP contribution in [-0.4, -0.2) is 37.2 Å². The molecule has 0 unspecified atom stereocenters. The number of rotatable bonds is 47. The molecule has 1 atom stereocenters. The van der Waals surface area contributed by atoms with E-state index in [-0.39, 0.29) is 44.0 Å². The molecular weight excluding hydrogens is 853 g/mol. The second-order valence-corrected chi connectivity index (χ2v) is 17.4. The zero-order chi connectivity index (χ0) is 50.0. The molecule has 0 aromatic heterocycles. The molecular formula is C63H98O6. The number of hydrogen-bond donors (Lipinski definition) is 0. The molecule has 386 valence electrons. The van der Waals surface area contributed by atoms with Gasteiger partial charge in [0, 0.05) is 19.3 Å². The summed E-state index contributed by atoms with van der Waals surface area (Å²) in [7, 11) is 0. The lowest BCUT2D eigenvalue weighted by Gasteiger charge is -2.18. The number of unbranched alkanes of at least 4 members (excludes halogenated alkanes) is 12. The van der Waals surface area contributed by atoms with Gasteiger partial charge in [0.2, 0.25) is 0 Å². The summed E-state index contributed by atoms with van der Waals surface area (Å²) < 4.78 is 16.7. The van der Waals surface area contributed by atoms with Crippen molar-refractivity contribution in [2.45, 2.75) is 219 Å². The predicted octanol–water partition coefficient (Wildman–Crippen LogP) is 18.4. The van der Waals surface area contributed by atoms with Crippen LogP contribution in [0.5, 0.6) is 0 Å². The Morgan fingerprint density at radius 2 is 0.580 bits per heavy atom. The molecule has 0 bridgehead atoms. The average molecular weight is 951 g/mol. The van der Waals surface area contributed by atoms with E-state index in [1.807, 2.05) is 0 Å².